The van der Waals surface area contributed by atoms with Gasteiger partial charge in [0.1, 0.15) is 12.3 Å². The van der Waals surface area contributed by atoms with Crippen LogP contribution in [-0.2, 0) is 17.9 Å². The minimum absolute atomic E-state index is 0.137. The number of amides is 1. The highest BCUT2D eigenvalue weighted by atomic mass is 16.5. The average Bonchev–Trinajstić information content (AvgIpc) is 2.74. The summed E-state index contributed by atoms with van der Waals surface area (Å²) >= 11 is 0. The summed E-state index contributed by atoms with van der Waals surface area (Å²) in [5, 5.41) is 6.67. The van der Waals surface area contributed by atoms with Crippen molar-refractivity contribution in [2.45, 2.75) is 19.5 Å². The van der Waals surface area contributed by atoms with Gasteiger partial charge in [-0.15, -0.1) is 0 Å². The van der Waals surface area contributed by atoms with Crippen molar-refractivity contribution in [1.82, 2.24) is 24.6 Å². The van der Waals surface area contributed by atoms with Gasteiger partial charge in [-0.05, 0) is 24.6 Å². The smallest absolute Gasteiger partial charge is 0.266 e. The third-order valence-electron chi connectivity index (χ3n) is 4.23. The molecule has 0 atom stereocenters. The first kappa shape index (κ1) is 20.0. The summed E-state index contributed by atoms with van der Waals surface area (Å²) in [5.41, 5.74) is 0.654. The molecular formula is C20H21N5O4. The van der Waals surface area contributed by atoms with Gasteiger partial charge < -0.3 is 10.1 Å². The van der Waals surface area contributed by atoms with Crippen LogP contribution in [0.1, 0.15) is 6.42 Å². The Bertz CT molecular complexity index is 1110. The molecule has 150 valence electrons. The molecule has 0 unspecified atom stereocenters. The maximum Gasteiger partial charge on any atom is 0.266 e. The number of aromatic nitrogens is 4. The summed E-state index contributed by atoms with van der Waals surface area (Å²) in [6.07, 6.45) is 3.42. The van der Waals surface area contributed by atoms with Crippen molar-refractivity contribution >= 4 is 5.91 Å². The summed E-state index contributed by atoms with van der Waals surface area (Å²) in [6, 6.07) is 11.6. The molecule has 9 nitrogen and oxygen atoms in total. The third-order valence-corrected chi connectivity index (χ3v) is 4.23. The number of nitrogens with one attached hydrogen (secondary N) is 1. The van der Waals surface area contributed by atoms with Crippen LogP contribution in [0.3, 0.4) is 0 Å². The molecule has 1 amide bonds. The number of ether oxygens (including phenoxy) is 1. The second kappa shape index (κ2) is 9.45. The Hall–Kier alpha value is -3.75. The highest BCUT2D eigenvalue weighted by Gasteiger charge is 2.10. The van der Waals surface area contributed by atoms with E-state index in [1.165, 1.54) is 33.9 Å². The predicted molar refractivity (Wildman–Crippen MR) is 107 cm³/mol. The molecule has 0 spiro atoms. The highest BCUT2D eigenvalue weighted by Crippen LogP contribution is 2.26. The molecule has 3 rings (SSSR count). The Labute approximate surface area is 166 Å². The number of hydrogen-bond donors (Lipinski definition) is 1. The van der Waals surface area contributed by atoms with E-state index in [0.29, 0.717) is 36.5 Å². The van der Waals surface area contributed by atoms with Crippen LogP contribution >= 0.6 is 0 Å². The molecule has 9 heteroatoms. The molecule has 0 aliphatic rings. The van der Waals surface area contributed by atoms with E-state index in [-0.39, 0.29) is 23.6 Å². The van der Waals surface area contributed by atoms with Gasteiger partial charge in [-0.25, -0.2) is 9.67 Å². The van der Waals surface area contributed by atoms with E-state index in [9.17, 15) is 14.4 Å². The van der Waals surface area contributed by atoms with Crippen molar-refractivity contribution in [3.8, 4) is 17.0 Å². The van der Waals surface area contributed by atoms with Gasteiger partial charge in [-0.2, -0.15) is 5.10 Å². The molecule has 1 aromatic carbocycles. The molecule has 2 heterocycles. The van der Waals surface area contributed by atoms with Gasteiger partial charge in [0.2, 0.25) is 5.91 Å². The van der Waals surface area contributed by atoms with Crippen molar-refractivity contribution in [2.75, 3.05) is 13.7 Å². The maximum atomic E-state index is 12.4. The molecule has 1 N–H and O–H groups in total. The monoisotopic (exact) mass is 395 g/mol. The summed E-state index contributed by atoms with van der Waals surface area (Å²) in [6.45, 7) is 0.625. The zero-order valence-corrected chi connectivity index (χ0v) is 15.9. The Balaban J connectivity index is 1.56. The molecule has 0 saturated carbocycles. The fourth-order valence-corrected chi connectivity index (χ4v) is 2.77. The normalized spacial score (nSPS) is 10.5. The van der Waals surface area contributed by atoms with Crippen molar-refractivity contribution in [2.24, 2.45) is 0 Å². The minimum Gasteiger partial charge on any atom is -0.496 e. The van der Waals surface area contributed by atoms with Crippen LogP contribution in [0.2, 0.25) is 0 Å². The molecule has 2 aromatic heterocycles. The van der Waals surface area contributed by atoms with E-state index in [1.54, 1.807) is 19.2 Å². The molecular weight excluding hydrogens is 374 g/mol. The number of hydrogen-bond acceptors (Lipinski definition) is 6. The van der Waals surface area contributed by atoms with Gasteiger partial charge in [-0.1, -0.05) is 12.1 Å². The molecule has 0 aliphatic heterocycles. The van der Waals surface area contributed by atoms with E-state index in [1.807, 2.05) is 18.2 Å². The fraction of sp³-hybridized carbons (Fsp3) is 0.250. The van der Waals surface area contributed by atoms with Gasteiger partial charge in [0, 0.05) is 37.0 Å². The summed E-state index contributed by atoms with van der Waals surface area (Å²) in [7, 11) is 1.55. The number of aryl methyl sites for hydroxylation is 1. The molecule has 0 aliphatic carbocycles. The van der Waals surface area contributed by atoms with Crippen LogP contribution in [-0.4, -0.2) is 38.9 Å². The SMILES string of the molecule is COc1ccccc1-c1cc(=O)n(CC(=O)NCCCn2ncccc2=O)cn1. The second-order valence-corrected chi connectivity index (χ2v) is 6.23. The number of benzene rings is 1. The number of carbonyl (C=O) groups excluding carboxylic acids is 1. The summed E-state index contributed by atoms with van der Waals surface area (Å²) in [5.74, 6) is 0.300. The van der Waals surface area contributed by atoms with Crippen LogP contribution in [0.4, 0.5) is 0 Å². The lowest BCUT2D eigenvalue weighted by molar-refractivity contribution is -0.121. The molecule has 0 fully saturated rings. The highest BCUT2D eigenvalue weighted by molar-refractivity contribution is 5.75. The van der Waals surface area contributed by atoms with Crippen molar-refractivity contribution in [3.63, 3.8) is 0 Å². The summed E-state index contributed by atoms with van der Waals surface area (Å²) in [4.78, 5) is 40.3. The van der Waals surface area contributed by atoms with Gasteiger partial charge >= 0.3 is 0 Å². The zero-order valence-electron chi connectivity index (χ0n) is 15.9. The Morgan fingerprint density at radius 2 is 1.97 bits per heavy atom. The van der Waals surface area contributed by atoms with E-state index < -0.39 is 0 Å². The van der Waals surface area contributed by atoms with Crippen LogP contribution in [0.5, 0.6) is 5.75 Å². The van der Waals surface area contributed by atoms with E-state index in [4.69, 9.17) is 4.74 Å². The number of methoxy groups -OCH3 is 1. The van der Waals surface area contributed by atoms with Crippen LogP contribution in [0, 0.1) is 0 Å². The predicted octanol–water partition coefficient (Wildman–Crippen LogP) is 0.682. The zero-order chi connectivity index (χ0) is 20.6. The van der Waals surface area contributed by atoms with E-state index in [2.05, 4.69) is 15.4 Å². The first-order valence-corrected chi connectivity index (χ1v) is 9.07. The molecule has 29 heavy (non-hydrogen) atoms. The quantitative estimate of drug-likeness (QED) is 0.562. The second-order valence-electron chi connectivity index (χ2n) is 6.23. The lowest BCUT2D eigenvalue weighted by atomic mass is 10.1. The lowest BCUT2D eigenvalue weighted by Crippen LogP contribution is -2.33. The number of para-hydroxylation sites is 1. The fourth-order valence-electron chi connectivity index (χ4n) is 2.77. The van der Waals surface area contributed by atoms with Crippen molar-refractivity contribution in [3.05, 3.63) is 75.7 Å². The van der Waals surface area contributed by atoms with Crippen LogP contribution < -0.4 is 21.2 Å². The number of rotatable bonds is 8. The van der Waals surface area contributed by atoms with Gasteiger partial charge in [0.25, 0.3) is 11.1 Å². The average molecular weight is 395 g/mol. The van der Waals surface area contributed by atoms with E-state index in [0.717, 1.165) is 0 Å². The first-order valence-electron chi connectivity index (χ1n) is 9.07. The molecule has 0 radical (unpaired) electrons. The Kier molecular flexibility index (Phi) is 6.51. The van der Waals surface area contributed by atoms with E-state index >= 15 is 0 Å². The molecule has 0 bridgehead atoms. The van der Waals surface area contributed by atoms with Crippen LogP contribution in [0.25, 0.3) is 11.3 Å². The standard InChI is InChI=1S/C20H21N5O4/c1-29-17-7-3-2-6-15(17)16-12-20(28)24(14-22-16)13-18(26)21-9-5-11-25-19(27)8-4-10-23-25/h2-4,6-8,10,12,14H,5,9,11,13H2,1H3,(H,21,26). The van der Waals surface area contributed by atoms with Crippen LogP contribution in [0.15, 0.2) is 64.6 Å². The van der Waals surface area contributed by atoms with Gasteiger partial charge in [0.15, 0.2) is 0 Å². The number of nitrogens with zero attached hydrogens (tertiary/aromatic N) is 4. The molecule has 3 aromatic rings. The lowest BCUT2D eigenvalue weighted by Gasteiger charge is -2.10. The summed E-state index contributed by atoms with van der Waals surface area (Å²) < 4.78 is 7.85. The minimum atomic E-state index is -0.337. The first-order chi connectivity index (χ1) is 14.1. The van der Waals surface area contributed by atoms with Crippen molar-refractivity contribution < 1.29 is 9.53 Å². The third kappa shape index (κ3) is 5.16. The van der Waals surface area contributed by atoms with Gasteiger partial charge in [0.05, 0.1) is 19.1 Å². The topological polar surface area (TPSA) is 108 Å². The Morgan fingerprint density at radius 3 is 2.72 bits per heavy atom. The number of carbonyl (C=O) groups is 1. The molecule has 0 saturated heterocycles. The van der Waals surface area contributed by atoms with Crippen molar-refractivity contribution in [1.29, 1.82) is 0 Å². The van der Waals surface area contributed by atoms with Gasteiger partial charge in [-0.3, -0.25) is 19.0 Å². The maximum absolute atomic E-state index is 12.4. The Morgan fingerprint density at radius 1 is 1.14 bits per heavy atom. The largest absolute Gasteiger partial charge is 0.496 e.